The maximum atomic E-state index is 9.91. The molecule has 1 unspecified atom stereocenters. The molecule has 2 aromatic carbocycles. The Balaban J connectivity index is 1.92. The van der Waals surface area contributed by atoms with E-state index in [0.29, 0.717) is 5.75 Å². The third-order valence-electron chi connectivity index (χ3n) is 3.89. The maximum absolute atomic E-state index is 9.91. The van der Waals surface area contributed by atoms with Crippen molar-refractivity contribution < 1.29 is 14.6 Å². The summed E-state index contributed by atoms with van der Waals surface area (Å²) in [6.45, 7) is 0. The van der Waals surface area contributed by atoms with E-state index in [1.165, 1.54) is 5.56 Å². The van der Waals surface area contributed by atoms with E-state index in [9.17, 15) is 5.11 Å². The van der Waals surface area contributed by atoms with Gasteiger partial charge >= 0.3 is 0 Å². The average Bonchev–Trinajstić information content (AvgIpc) is 2.54. The van der Waals surface area contributed by atoms with Crippen molar-refractivity contribution in [3.8, 4) is 17.2 Å². The fourth-order valence-electron chi connectivity index (χ4n) is 2.76. The highest BCUT2D eigenvalue weighted by atomic mass is 16.5. The Morgan fingerprint density at radius 3 is 2.77 bits per heavy atom. The highest BCUT2D eigenvalue weighted by molar-refractivity contribution is 5.62. The van der Waals surface area contributed by atoms with Crippen LogP contribution >= 0.6 is 0 Å². The highest BCUT2D eigenvalue weighted by Crippen LogP contribution is 2.36. The zero-order chi connectivity index (χ0) is 15.5. The Morgan fingerprint density at radius 2 is 2.00 bits per heavy atom. The van der Waals surface area contributed by atoms with Crippen molar-refractivity contribution in [3.05, 3.63) is 59.3 Å². The Labute approximate surface area is 130 Å². The molecule has 0 saturated carbocycles. The highest BCUT2D eigenvalue weighted by Gasteiger charge is 2.20. The predicted molar refractivity (Wildman–Crippen MR) is 86.3 cm³/mol. The first kappa shape index (κ1) is 14.3. The van der Waals surface area contributed by atoms with Crippen LogP contribution in [0.4, 0.5) is 0 Å². The zero-order valence-corrected chi connectivity index (χ0v) is 12.7. The number of rotatable bonds is 4. The number of fused-ring (bicyclic) bond motifs is 1. The van der Waals surface area contributed by atoms with Gasteiger partial charge in [0.25, 0.3) is 0 Å². The first-order chi connectivity index (χ1) is 10.7. The molecule has 2 N–H and O–H groups in total. The first-order valence-electron chi connectivity index (χ1n) is 7.17. The summed E-state index contributed by atoms with van der Waals surface area (Å²) >= 11 is 0. The number of ether oxygens (including phenoxy) is 2. The average molecular weight is 297 g/mol. The van der Waals surface area contributed by atoms with E-state index in [-0.39, 0.29) is 11.8 Å². The molecule has 22 heavy (non-hydrogen) atoms. The van der Waals surface area contributed by atoms with Crippen LogP contribution in [0.25, 0.3) is 6.08 Å². The van der Waals surface area contributed by atoms with E-state index in [4.69, 9.17) is 9.47 Å². The fraction of sp³-hybridized carbons (Fsp3) is 0.222. The number of benzene rings is 2. The van der Waals surface area contributed by atoms with E-state index < -0.39 is 0 Å². The molecule has 0 fully saturated rings. The minimum absolute atomic E-state index is 0.126. The lowest BCUT2D eigenvalue weighted by Crippen LogP contribution is -2.21. The summed E-state index contributed by atoms with van der Waals surface area (Å²) in [4.78, 5) is 0. The van der Waals surface area contributed by atoms with Gasteiger partial charge in [0.1, 0.15) is 5.75 Å². The lowest BCUT2D eigenvalue weighted by Gasteiger charge is -2.25. The Morgan fingerprint density at radius 1 is 1.14 bits per heavy atom. The van der Waals surface area contributed by atoms with Gasteiger partial charge in [-0.15, -0.1) is 0 Å². The molecule has 0 amide bonds. The normalized spacial score (nSPS) is 15.8. The van der Waals surface area contributed by atoms with E-state index in [0.717, 1.165) is 23.3 Å². The summed E-state index contributed by atoms with van der Waals surface area (Å²) < 4.78 is 10.5. The number of aromatic hydroxyl groups is 1. The van der Waals surface area contributed by atoms with E-state index >= 15 is 0 Å². The van der Waals surface area contributed by atoms with Gasteiger partial charge in [-0.25, -0.2) is 0 Å². The molecule has 1 atom stereocenters. The molecule has 114 valence electrons. The van der Waals surface area contributed by atoms with Crippen molar-refractivity contribution in [3.63, 3.8) is 0 Å². The van der Waals surface area contributed by atoms with Crippen LogP contribution in [0, 0.1) is 0 Å². The molecule has 0 spiro atoms. The van der Waals surface area contributed by atoms with Crippen LogP contribution in [-0.2, 0) is 6.42 Å². The largest absolute Gasteiger partial charge is 0.504 e. The minimum Gasteiger partial charge on any atom is -0.504 e. The van der Waals surface area contributed by atoms with Crippen molar-refractivity contribution in [1.82, 2.24) is 5.32 Å². The smallest absolute Gasteiger partial charge is 0.160 e. The molecule has 0 aliphatic carbocycles. The van der Waals surface area contributed by atoms with Crippen molar-refractivity contribution in [2.75, 3.05) is 14.2 Å². The van der Waals surface area contributed by atoms with Crippen molar-refractivity contribution in [1.29, 1.82) is 0 Å². The molecule has 1 aliphatic heterocycles. The predicted octanol–water partition coefficient (Wildman–Crippen LogP) is 3.27. The lowest BCUT2D eigenvalue weighted by atomic mass is 9.92. The number of hydrogen-bond donors (Lipinski definition) is 2. The topological polar surface area (TPSA) is 50.7 Å². The molecule has 0 saturated heterocycles. The van der Waals surface area contributed by atoms with E-state index in [2.05, 4.69) is 11.4 Å². The molecule has 2 aromatic rings. The summed E-state index contributed by atoms with van der Waals surface area (Å²) in [5.74, 6) is 1.51. The van der Waals surface area contributed by atoms with Gasteiger partial charge in [0.05, 0.1) is 20.3 Å². The number of methoxy groups -OCH3 is 2. The molecule has 4 nitrogen and oxygen atoms in total. The molecule has 1 heterocycles. The van der Waals surface area contributed by atoms with Crippen LogP contribution in [0.3, 0.4) is 0 Å². The molecule has 3 rings (SSSR count). The van der Waals surface area contributed by atoms with Gasteiger partial charge in [-0.1, -0.05) is 12.1 Å². The minimum atomic E-state index is 0.126. The second-order valence-corrected chi connectivity index (χ2v) is 5.26. The van der Waals surface area contributed by atoms with Gasteiger partial charge < -0.3 is 19.9 Å². The van der Waals surface area contributed by atoms with Crippen LogP contribution in [0.2, 0.25) is 0 Å². The SMILES string of the molecule is COc1cccc(CC2NC=Cc3cc(O)c(OC)cc32)c1. The fourth-order valence-corrected chi connectivity index (χ4v) is 2.76. The molecule has 1 aliphatic rings. The monoisotopic (exact) mass is 297 g/mol. The third kappa shape index (κ3) is 2.72. The summed E-state index contributed by atoms with van der Waals surface area (Å²) in [6.07, 6.45) is 4.69. The number of nitrogens with one attached hydrogen (secondary N) is 1. The summed E-state index contributed by atoms with van der Waals surface area (Å²) in [7, 11) is 3.23. The molecular formula is C18H19NO3. The van der Waals surface area contributed by atoms with Crippen molar-refractivity contribution in [2.24, 2.45) is 0 Å². The summed E-state index contributed by atoms with van der Waals surface area (Å²) in [5, 5.41) is 13.3. The van der Waals surface area contributed by atoms with Crippen LogP contribution in [0.1, 0.15) is 22.7 Å². The van der Waals surface area contributed by atoms with Crippen LogP contribution in [0.5, 0.6) is 17.2 Å². The van der Waals surface area contributed by atoms with Crippen LogP contribution in [0.15, 0.2) is 42.6 Å². The van der Waals surface area contributed by atoms with Gasteiger partial charge in [-0.2, -0.15) is 0 Å². The zero-order valence-electron chi connectivity index (χ0n) is 12.7. The third-order valence-corrected chi connectivity index (χ3v) is 3.89. The van der Waals surface area contributed by atoms with Gasteiger partial charge in [0.2, 0.25) is 0 Å². The van der Waals surface area contributed by atoms with Crippen molar-refractivity contribution in [2.45, 2.75) is 12.5 Å². The quantitative estimate of drug-likeness (QED) is 0.909. The van der Waals surface area contributed by atoms with Gasteiger partial charge in [-0.05, 0) is 59.7 Å². The lowest BCUT2D eigenvalue weighted by molar-refractivity contribution is 0.372. The number of phenolic OH excluding ortho intramolecular Hbond substituents is 1. The molecular weight excluding hydrogens is 278 g/mol. The molecule has 0 radical (unpaired) electrons. The summed E-state index contributed by atoms with van der Waals surface area (Å²) in [5.41, 5.74) is 3.30. The molecule has 0 aromatic heterocycles. The Kier molecular flexibility index (Phi) is 3.92. The van der Waals surface area contributed by atoms with Crippen LogP contribution < -0.4 is 14.8 Å². The number of phenols is 1. The maximum Gasteiger partial charge on any atom is 0.160 e. The Hall–Kier alpha value is -2.62. The first-order valence-corrected chi connectivity index (χ1v) is 7.17. The molecule has 0 bridgehead atoms. The molecule has 4 heteroatoms. The standard InChI is InChI=1S/C18H19NO3/c1-21-14-5-3-4-12(8-14)9-16-15-11-18(22-2)17(20)10-13(15)6-7-19-16/h3-8,10-11,16,19-20H,9H2,1-2H3. The van der Waals surface area contributed by atoms with E-state index in [1.54, 1.807) is 20.3 Å². The Bertz CT molecular complexity index is 709. The second-order valence-electron chi connectivity index (χ2n) is 5.26. The van der Waals surface area contributed by atoms with Crippen molar-refractivity contribution >= 4 is 6.08 Å². The van der Waals surface area contributed by atoms with Gasteiger partial charge in [-0.3, -0.25) is 0 Å². The number of hydrogen-bond acceptors (Lipinski definition) is 4. The van der Waals surface area contributed by atoms with Crippen LogP contribution in [-0.4, -0.2) is 19.3 Å². The second kappa shape index (κ2) is 6.02. The van der Waals surface area contributed by atoms with Gasteiger partial charge in [0.15, 0.2) is 11.5 Å². The summed E-state index contributed by atoms with van der Waals surface area (Å²) in [6, 6.07) is 11.8. The van der Waals surface area contributed by atoms with Gasteiger partial charge in [0, 0.05) is 0 Å². The van der Waals surface area contributed by atoms with E-state index in [1.807, 2.05) is 36.5 Å².